The summed E-state index contributed by atoms with van der Waals surface area (Å²) in [5.74, 6) is 2.88. The molecule has 0 aliphatic carbocycles. The lowest BCUT2D eigenvalue weighted by Gasteiger charge is -2.04. The van der Waals surface area contributed by atoms with Crippen LogP contribution in [-0.2, 0) is 19.8 Å². The van der Waals surface area contributed by atoms with Crippen LogP contribution in [0.1, 0.15) is 5.82 Å². The third-order valence-corrected chi connectivity index (χ3v) is 4.08. The van der Waals surface area contributed by atoms with E-state index in [1.165, 1.54) is 16.6 Å². The monoisotopic (exact) mass is 317 g/mol. The van der Waals surface area contributed by atoms with Gasteiger partial charge in [0, 0.05) is 12.6 Å². The number of benzene rings is 1. The SMILES string of the molecule is COc1ccc(-c2nnc(SCc3nnn(C)n3)n2C)cc1. The lowest BCUT2D eigenvalue weighted by molar-refractivity contribution is 0.415. The lowest BCUT2D eigenvalue weighted by Crippen LogP contribution is -1.96. The Morgan fingerprint density at radius 1 is 1.09 bits per heavy atom. The molecule has 0 N–H and O–H groups in total. The number of aromatic nitrogens is 7. The molecular weight excluding hydrogens is 302 g/mol. The Bertz CT molecular complexity index is 765. The molecule has 1 aromatic carbocycles. The lowest BCUT2D eigenvalue weighted by atomic mass is 10.2. The molecule has 0 aliphatic heterocycles. The predicted molar refractivity (Wildman–Crippen MR) is 81.4 cm³/mol. The van der Waals surface area contributed by atoms with E-state index < -0.39 is 0 Å². The molecule has 0 saturated heterocycles. The molecule has 114 valence electrons. The number of hydrogen-bond acceptors (Lipinski definition) is 7. The van der Waals surface area contributed by atoms with E-state index in [2.05, 4.69) is 25.6 Å². The van der Waals surface area contributed by atoms with Crippen molar-refractivity contribution in [1.29, 1.82) is 0 Å². The number of nitrogens with zero attached hydrogens (tertiary/aromatic N) is 7. The van der Waals surface area contributed by atoms with Gasteiger partial charge in [0.25, 0.3) is 0 Å². The maximum absolute atomic E-state index is 5.16. The standard InChI is InChI=1S/C13H15N7OS/c1-19-12(9-4-6-10(21-3)7-5-9)15-16-13(19)22-8-11-14-18-20(2)17-11/h4-7H,8H2,1-3H3. The molecule has 0 amide bonds. The van der Waals surface area contributed by atoms with E-state index in [0.29, 0.717) is 11.6 Å². The van der Waals surface area contributed by atoms with Gasteiger partial charge in [-0.2, -0.15) is 4.80 Å². The molecule has 0 fully saturated rings. The third kappa shape index (κ3) is 2.93. The van der Waals surface area contributed by atoms with Crippen molar-refractivity contribution in [3.8, 4) is 17.1 Å². The van der Waals surface area contributed by atoms with Crippen LogP contribution in [-0.4, -0.2) is 42.1 Å². The predicted octanol–water partition coefficient (Wildman–Crippen LogP) is 1.31. The zero-order valence-electron chi connectivity index (χ0n) is 12.5. The van der Waals surface area contributed by atoms with E-state index in [-0.39, 0.29) is 0 Å². The molecule has 0 atom stereocenters. The van der Waals surface area contributed by atoms with Crippen LogP contribution in [0.2, 0.25) is 0 Å². The van der Waals surface area contributed by atoms with E-state index >= 15 is 0 Å². The van der Waals surface area contributed by atoms with Gasteiger partial charge in [-0.1, -0.05) is 11.8 Å². The molecule has 3 rings (SSSR count). The van der Waals surface area contributed by atoms with Crippen molar-refractivity contribution < 1.29 is 4.74 Å². The molecule has 8 nitrogen and oxygen atoms in total. The van der Waals surface area contributed by atoms with Gasteiger partial charge >= 0.3 is 0 Å². The van der Waals surface area contributed by atoms with Crippen LogP contribution in [0, 0.1) is 0 Å². The van der Waals surface area contributed by atoms with Gasteiger partial charge in [-0.15, -0.1) is 20.4 Å². The Labute approximate surface area is 131 Å². The summed E-state index contributed by atoms with van der Waals surface area (Å²) < 4.78 is 7.11. The van der Waals surface area contributed by atoms with Crippen LogP contribution < -0.4 is 4.74 Å². The van der Waals surface area contributed by atoms with Crippen LogP contribution in [0.4, 0.5) is 0 Å². The van der Waals surface area contributed by atoms with Gasteiger partial charge in [0.2, 0.25) is 0 Å². The highest BCUT2D eigenvalue weighted by Crippen LogP contribution is 2.25. The maximum atomic E-state index is 5.16. The minimum atomic E-state index is 0.600. The zero-order valence-corrected chi connectivity index (χ0v) is 13.3. The highest BCUT2D eigenvalue weighted by molar-refractivity contribution is 7.98. The first-order chi connectivity index (χ1) is 10.7. The van der Waals surface area contributed by atoms with Crippen LogP contribution in [0.5, 0.6) is 5.75 Å². The Morgan fingerprint density at radius 3 is 2.50 bits per heavy atom. The first kappa shape index (κ1) is 14.5. The summed E-state index contributed by atoms with van der Waals surface area (Å²) in [7, 11) is 5.32. The van der Waals surface area contributed by atoms with Crippen LogP contribution in [0.3, 0.4) is 0 Å². The summed E-state index contributed by atoms with van der Waals surface area (Å²) in [5, 5.41) is 21.2. The number of rotatable bonds is 5. The Balaban J connectivity index is 1.76. The van der Waals surface area contributed by atoms with Gasteiger partial charge in [0.05, 0.1) is 19.9 Å². The molecule has 0 bridgehead atoms. The second kappa shape index (κ2) is 6.14. The summed E-state index contributed by atoms with van der Waals surface area (Å²) in [6.07, 6.45) is 0. The van der Waals surface area contributed by atoms with E-state index in [4.69, 9.17) is 4.74 Å². The summed E-state index contributed by atoms with van der Waals surface area (Å²) >= 11 is 1.52. The summed E-state index contributed by atoms with van der Waals surface area (Å²) in [5.41, 5.74) is 0.986. The normalized spacial score (nSPS) is 10.9. The number of hydrogen-bond donors (Lipinski definition) is 0. The summed E-state index contributed by atoms with van der Waals surface area (Å²) in [6.45, 7) is 0. The van der Waals surface area contributed by atoms with Gasteiger partial charge in [-0.05, 0) is 29.5 Å². The number of methoxy groups -OCH3 is 1. The number of ether oxygens (including phenoxy) is 1. The van der Waals surface area contributed by atoms with Crippen LogP contribution in [0.15, 0.2) is 29.4 Å². The highest BCUT2D eigenvalue weighted by atomic mass is 32.2. The van der Waals surface area contributed by atoms with Gasteiger partial charge < -0.3 is 9.30 Å². The Hall–Kier alpha value is -2.42. The largest absolute Gasteiger partial charge is 0.497 e. The molecule has 0 spiro atoms. The maximum Gasteiger partial charge on any atom is 0.191 e. The molecular formula is C13H15N7OS. The Kier molecular flexibility index (Phi) is 4.05. The van der Waals surface area contributed by atoms with Crippen LogP contribution >= 0.6 is 11.8 Å². The van der Waals surface area contributed by atoms with Crippen molar-refractivity contribution in [3.05, 3.63) is 30.1 Å². The minimum Gasteiger partial charge on any atom is -0.497 e. The smallest absolute Gasteiger partial charge is 0.191 e. The first-order valence-corrected chi connectivity index (χ1v) is 7.55. The average molecular weight is 317 g/mol. The van der Waals surface area contributed by atoms with E-state index in [9.17, 15) is 0 Å². The minimum absolute atomic E-state index is 0.600. The molecule has 22 heavy (non-hydrogen) atoms. The van der Waals surface area contributed by atoms with E-state index in [1.54, 1.807) is 14.2 Å². The molecule has 9 heteroatoms. The van der Waals surface area contributed by atoms with Crippen LogP contribution in [0.25, 0.3) is 11.4 Å². The fourth-order valence-electron chi connectivity index (χ4n) is 1.94. The second-order valence-corrected chi connectivity index (χ2v) is 5.52. The van der Waals surface area contributed by atoms with Crippen molar-refractivity contribution >= 4 is 11.8 Å². The van der Waals surface area contributed by atoms with Gasteiger partial charge in [0.15, 0.2) is 16.8 Å². The first-order valence-electron chi connectivity index (χ1n) is 6.57. The third-order valence-electron chi connectivity index (χ3n) is 3.06. The summed E-state index contributed by atoms with van der Waals surface area (Å²) in [6, 6.07) is 7.73. The fourth-order valence-corrected chi connectivity index (χ4v) is 2.69. The van der Waals surface area contributed by atoms with Gasteiger partial charge in [-0.3, -0.25) is 0 Å². The topological polar surface area (TPSA) is 83.5 Å². The van der Waals surface area contributed by atoms with Crippen molar-refractivity contribution in [2.75, 3.05) is 7.11 Å². The molecule has 3 aromatic rings. The van der Waals surface area contributed by atoms with Gasteiger partial charge in [-0.25, -0.2) is 0 Å². The molecule has 0 aliphatic rings. The molecule has 2 heterocycles. The summed E-state index contributed by atoms with van der Waals surface area (Å²) in [4.78, 5) is 1.44. The quantitative estimate of drug-likeness (QED) is 0.656. The fraction of sp³-hybridized carbons (Fsp3) is 0.308. The zero-order chi connectivity index (χ0) is 15.5. The van der Waals surface area contributed by atoms with Crippen molar-refractivity contribution in [3.63, 3.8) is 0 Å². The average Bonchev–Trinajstić information content (AvgIpc) is 3.11. The molecule has 0 unspecified atom stereocenters. The number of thioether (sulfide) groups is 1. The highest BCUT2D eigenvalue weighted by Gasteiger charge is 2.12. The van der Waals surface area contributed by atoms with E-state index in [0.717, 1.165) is 22.3 Å². The second-order valence-electron chi connectivity index (χ2n) is 4.58. The van der Waals surface area contributed by atoms with Crippen molar-refractivity contribution in [2.24, 2.45) is 14.1 Å². The Morgan fingerprint density at radius 2 is 1.86 bits per heavy atom. The molecule has 0 radical (unpaired) electrons. The van der Waals surface area contributed by atoms with Crippen molar-refractivity contribution in [1.82, 2.24) is 35.0 Å². The molecule has 2 aromatic heterocycles. The number of tetrazole rings is 1. The van der Waals surface area contributed by atoms with E-state index in [1.807, 2.05) is 35.9 Å². The number of aryl methyl sites for hydroxylation is 1. The molecule has 0 saturated carbocycles. The van der Waals surface area contributed by atoms with Gasteiger partial charge in [0.1, 0.15) is 5.75 Å². The van der Waals surface area contributed by atoms with Crippen molar-refractivity contribution in [2.45, 2.75) is 10.9 Å².